The molecule has 0 aliphatic rings. The van der Waals surface area contributed by atoms with Gasteiger partial charge in [-0.1, -0.05) is 36.4 Å². The molecule has 26 heavy (non-hydrogen) atoms. The van der Waals surface area contributed by atoms with Gasteiger partial charge < -0.3 is 10.1 Å². The van der Waals surface area contributed by atoms with E-state index < -0.39 is 23.5 Å². The molecule has 1 unspecified atom stereocenters. The number of hydrogen-bond acceptors (Lipinski definition) is 5. The Hall–Kier alpha value is -3.48. The molecule has 3 rings (SSSR count). The monoisotopic (exact) mass is 351 g/mol. The topological polar surface area (TPSA) is 89.8 Å². The van der Waals surface area contributed by atoms with Gasteiger partial charge >= 0.3 is 5.97 Å². The maximum absolute atomic E-state index is 12.6. The van der Waals surface area contributed by atoms with Crippen molar-refractivity contribution in [1.82, 2.24) is 14.7 Å². The third-order valence-electron chi connectivity index (χ3n) is 3.96. The number of methoxy groups -OCH3 is 1. The number of amides is 1. The first-order chi connectivity index (χ1) is 12.6. The van der Waals surface area contributed by atoms with Crippen LogP contribution in [0.1, 0.15) is 28.4 Å². The maximum atomic E-state index is 12.6. The van der Waals surface area contributed by atoms with Crippen molar-refractivity contribution < 1.29 is 14.3 Å². The Balaban J connectivity index is 1.91. The highest BCUT2D eigenvalue weighted by atomic mass is 16.5. The lowest BCUT2D eigenvalue weighted by Crippen LogP contribution is -2.35. The molecule has 7 heteroatoms. The molecule has 7 nitrogen and oxygen atoms in total. The lowest BCUT2D eigenvalue weighted by Gasteiger charge is -2.18. The van der Waals surface area contributed by atoms with E-state index in [0.29, 0.717) is 5.65 Å². The molecule has 2 aromatic heterocycles. The molecule has 0 saturated heterocycles. The summed E-state index contributed by atoms with van der Waals surface area (Å²) in [6.45, 7) is 0. The van der Waals surface area contributed by atoms with Gasteiger partial charge in [-0.05, 0) is 17.7 Å². The van der Waals surface area contributed by atoms with Crippen molar-refractivity contribution >= 4 is 17.5 Å². The number of pyridine rings is 1. The van der Waals surface area contributed by atoms with Gasteiger partial charge in [0.2, 0.25) is 0 Å². The van der Waals surface area contributed by atoms with E-state index in [1.165, 1.54) is 17.7 Å². The normalized spacial score (nSPS) is 11.7. The summed E-state index contributed by atoms with van der Waals surface area (Å²) in [4.78, 5) is 41.0. The van der Waals surface area contributed by atoms with Crippen molar-refractivity contribution in [3.8, 4) is 0 Å². The summed E-state index contributed by atoms with van der Waals surface area (Å²) in [7, 11) is 1.28. The van der Waals surface area contributed by atoms with Crippen molar-refractivity contribution in [2.75, 3.05) is 7.11 Å². The highest BCUT2D eigenvalue weighted by molar-refractivity contribution is 5.94. The fourth-order valence-corrected chi connectivity index (χ4v) is 2.61. The number of carbonyl (C=O) groups is 2. The molecule has 132 valence electrons. The first kappa shape index (κ1) is 17.3. The molecule has 0 aliphatic heterocycles. The van der Waals surface area contributed by atoms with Gasteiger partial charge in [-0.25, -0.2) is 4.98 Å². The third-order valence-corrected chi connectivity index (χ3v) is 3.96. The lowest BCUT2D eigenvalue weighted by atomic mass is 10.0. The van der Waals surface area contributed by atoms with Crippen molar-refractivity contribution in [3.05, 3.63) is 82.4 Å². The minimum atomic E-state index is -0.618. The molecular formula is C19H17N3O4. The second-order valence-corrected chi connectivity index (χ2v) is 5.62. The van der Waals surface area contributed by atoms with E-state index in [4.69, 9.17) is 4.74 Å². The van der Waals surface area contributed by atoms with Crippen LogP contribution in [0.25, 0.3) is 5.65 Å². The van der Waals surface area contributed by atoms with E-state index in [1.807, 2.05) is 6.07 Å². The molecule has 0 fully saturated rings. The number of esters is 1. The largest absolute Gasteiger partial charge is 0.469 e. The van der Waals surface area contributed by atoms with Crippen LogP contribution in [-0.4, -0.2) is 28.4 Å². The van der Waals surface area contributed by atoms with E-state index in [2.05, 4.69) is 10.3 Å². The zero-order chi connectivity index (χ0) is 18.5. The van der Waals surface area contributed by atoms with E-state index >= 15 is 0 Å². The van der Waals surface area contributed by atoms with E-state index in [-0.39, 0.29) is 12.0 Å². The number of benzene rings is 1. The Morgan fingerprint density at radius 3 is 2.62 bits per heavy atom. The smallest absolute Gasteiger partial charge is 0.307 e. The molecule has 0 saturated carbocycles. The Bertz CT molecular complexity index is 998. The highest BCUT2D eigenvalue weighted by Gasteiger charge is 2.21. The van der Waals surface area contributed by atoms with E-state index in [1.54, 1.807) is 48.7 Å². The first-order valence-corrected chi connectivity index (χ1v) is 7.99. The fourth-order valence-electron chi connectivity index (χ4n) is 2.61. The Kier molecular flexibility index (Phi) is 5.07. The first-order valence-electron chi connectivity index (χ1n) is 7.99. The van der Waals surface area contributed by atoms with Crippen LogP contribution in [0, 0.1) is 0 Å². The van der Waals surface area contributed by atoms with Crippen LogP contribution < -0.4 is 10.9 Å². The van der Waals surface area contributed by atoms with Gasteiger partial charge in [0, 0.05) is 12.4 Å². The standard InChI is InChI=1S/C19H17N3O4/c1-26-17(23)11-15(13-7-3-2-4-8-13)21-18(24)14-12-20-16-9-5-6-10-22(16)19(14)25/h2-10,12,15H,11H2,1H3,(H,21,24). The second kappa shape index (κ2) is 7.60. The number of fused-ring (bicyclic) bond motifs is 1. The minimum Gasteiger partial charge on any atom is -0.469 e. The van der Waals surface area contributed by atoms with E-state index in [9.17, 15) is 14.4 Å². The van der Waals surface area contributed by atoms with Crippen LogP contribution in [0.2, 0.25) is 0 Å². The molecule has 0 radical (unpaired) electrons. The fraction of sp³-hybridized carbons (Fsp3) is 0.158. The van der Waals surface area contributed by atoms with Gasteiger partial charge in [-0.15, -0.1) is 0 Å². The van der Waals surface area contributed by atoms with Crippen LogP contribution >= 0.6 is 0 Å². The van der Waals surface area contributed by atoms with Crippen LogP contribution in [-0.2, 0) is 9.53 Å². The van der Waals surface area contributed by atoms with Gasteiger partial charge in [-0.2, -0.15) is 0 Å². The predicted molar refractivity (Wildman–Crippen MR) is 94.7 cm³/mol. The summed E-state index contributed by atoms with van der Waals surface area (Å²) in [6.07, 6.45) is 2.74. The number of carbonyl (C=O) groups excluding carboxylic acids is 2. The van der Waals surface area contributed by atoms with Crippen molar-refractivity contribution in [1.29, 1.82) is 0 Å². The number of nitrogens with zero attached hydrogens (tertiary/aromatic N) is 2. The molecule has 1 atom stereocenters. The zero-order valence-corrected chi connectivity index (χ0v) is 14.1. The van der Waals surface area contributed by atoms with E-state index in [0.717, 1.165) is 5.56 Å². The van der Waals surface area contributed by atoms with Crippen LogP contribution in [0.3, 0.4) is 0 Å². The summed E-state index contributed by atoms with van der Waals surface area (Å²) in [6, 6.07) is 13.5. The van der Waals surface area contributed by atoms with Crippen LogP contribution in [0.5, 0.6) is 0 Å². The predicted octanol–water partition coefficient (Wildman–Crippen LogP) is 1.73. The van der Waals surface area contributed by atoms with Crippen molar-refractivity contribution in [3.63, 3.8) is 0 Å². The molecule has 1 amide bonds. The van der Waals surface area contributed by atoms with Gasteiger partial charge in [0.1, 0.15) is 11.2 Å². The van der Waals surface area contributed by atoms with Gasteiger partial charge in [0.05, 0.1) is 19.6 Å². The molecule has 0 aliphatic carbocycles. The van der Waals surface area contributed by atoms with Gasteiger partial charge in [0.25, 0.3) is 11.5 Å². The molecule has 0 spiro atoms. The summed E-state index contributed by atoms with van der Waals surface area (Å²) < 4.78 is 6.00. The summed E-state index contributed by atoms with van der Waals surface area (Å²) >= 11 is 0. The number of nitrogens with one attached hydrogen (secondary N) is 1. The lowest BCUT2D eigenvalue weighted by molar-refractivity contribution is -0.141. The molecule has 3 aromatic rings. The molecule has 1 N–H and O–H groups in total. The van der Waals surface area contributed by atoms with Crippen molar-refractivity contribution in [2.24, 2.45) is 0 Å². The number of rotatable bonds is 5. The minimum absolute atomic E-state index is 0.0470. The highest BCUT2D eigenvalue weighted by Crippen LogP contribution is 2.17. The third kappa shape index (κ3) is 3.61. The molecule has 2 heterocycles. The second-order valence-electron chi connectivity index (χ2n) is 5.62. The molecule has 1 aromatic carbocycles. The van der Waals surface area contributed by atoms with Crippen LogP contribution in [0.15, 0.2) is 65.7 Å². The Morgan fingerprint density at radius 2 is 1.88 bits per heavy atom. The molecular weight excluding hydrogens is 334 g/mol. The average molecular weight is 351 g/mol. The summed E-state index contributed by atoms with van der Waals surface area (Å²) in [5, 5.41) is 2.73. The number of aromatic nitrogens is 2. The summed E-state index contributed by atoms with van der Waals surface area (Å²) in [5.74, 6) is -1.06. The maximum Gasteiger partial charge on any atom is 0.307 e. The van der Waals surface area contributed by atoms with Crippen LogP contribution in [0.4, 0.5) is 0 Å². The molecule has 0 bridgehead atoms. The summed E-state index contributed by atoms with van der Waals surface area (Å²) in [5.41, 5.74) is 0.612. The zero-order valence-electron chi connectivity index (χ0n) is 14.1. The number of ether oxygens (including phenoxy) is 1. The van der Waals surface area contributed by atoms with Gasteiger partial charge in [0.15, 0.2) is 0 Å². The quantitative estimate of drug-likeness (QED) is 0.707. The SMILES string of the molecule is COC(=O)CC(NC(=O)c1cnc2ccccn2c1=O)c1ccccc1. The Morgan fingerprint density at radius 1 is 1.15 bits per heavy atom. The Labute approximate surface area is 149 Å². The van der Waals surface area contributed by atoms with Crippen molar-refractivity contribution in [2.45, 2.75) is 12.5 Å². The number of hydrogen-bond donors (Lipinski definition) is 1. The average Bonchev–Trinajstić information content (AvgIpc) is 2.68. The van der Waals surface area contributed by atoms with Gasteiger partial charge in [-0.3, -0.25) is 18.8 Å².